The van der Waals surface area contributed by atoms with Crippen LogP contribution in [0.5, 0.6) is 0 Å². The van der Waals surface area contributed by atoms with Gasteiger partial charge in [0.25, 0.3) is 0 Å². The SMILES string of the molecule is O=C(Cc1cn2ccsc2n1)N(Cc1ccccc1F)C1CC1. The predicted octanol–water partition coefficient (Wildman–Crippen LogP) is 3.27. The van der Waals surface area contributed by atoms with Crippen LogP contribution < -0.4 is 0 Å². The summed E-state index contributed by atoms with van der Waals surface area (Å²) in [6.45, 7) is 0.332. The van der Waals surface area contributed by atoms with Crippen molar-refractivity contribution in [3.63, 3.8) is 0 Å². The molecule has 1 amide bonds. The van der Waals surface area contributed by atoms with Crippen molar-refractivity contribution in [2.75, 3.05) is 0 Å². The molecule has 4 nitrogen and oxygen atoms in total. The second-order valence-electron chi connectivity index (χ2n) is 5.85. The van der Waals surface area contributed by atoms with Crippen LogP contribution in [0, 0.1) is 5.82 Å². The Morgan fingerprint density at radius 3 is 2.96 bits per heavy atom. The molecule has 0 spiro atoms. The Balaban J connectivity index is 1.51. The molecule has 0 unspecified atom stereocenters. The molecule has 0 aliphatic heterocycles. The minimum absolute atomic E-state index is 0.0153. The van der Waals surface area contributed by atoms with Crippen molar-refractivity contribution in [2.45, 2.75) is 31.8 Å². The second kappa shape index (κ2) is 5.77. The number of carbonyl (C=O) groups excluding carboxylic acids is 1. The van der Waals surface area contributed by atoms with Gasteiger partial charge in [-0.25, -0.2) is 9.37 Å². The Morgan fingerprint density at radius 1 is 1.39 bits per heavy atom. The first kappa shape index (κ1) is 14.4. The van der Waals surface area contributed by atoms with Crippen molar-refractivity contribution in [1.82, 2.24) is 14.3 Å². The van der Waals surface area contributed by atoms with Gasteiger partial charge in [-0.3, -0.25) is 9.20 Å². The van der Waals surface area contributed by atoms with E-state index in [0.717, 1.165) is 23.5 Å². The fraction of sp³-hybridized carbons (Fsp3) is 0.294. The average molecular weight is 329 g/mol. The number of amides is 1. The summed E-state index contributed by atoms with van der Waals surface area (Å²) in [6, 6.07) is 6.89. The second-order valence-corrected chi connectivity index (χ2v) is 6.72. The van der Waals surface area contributed by atoms with Gasteiger partial charge in [0.2, 0.25) is 5.91 Å². The monoisotopic (exact) mass is 329 g/mol. The van der Waals surface area contributed by atoms with Gasteiger partial charge >= 0.3 is 0 Å². The van der Waals surface area contributed by atoms with E-state index >= 15 is 0 Å². The molecule has 0 N–H and O–H groups in total. The number of imidazole rings is 1. The van der Waals surface area contributed by atoms with E-state index in [1.54, 1.807) is 34.4 Å². The maximum Gasteiger partial charge on any atom is 0.229 e. The molecule has 2 heterocycles. The highest BCUT2D eigenvalue weighted by molar-refractivity contribution is 7.15. The number of hydrogen-bond acceptors (Lipinski definition) is 3. The lowest BCUT2D eigenvalue weighted by atomic mass is 10.2. The summed E-state index contributed by atoms with van der Waals surface area (Å²) in [7, 11) is 0. The van der Waals surface area contributed by atoms with Gasteiger partial charge < -0.3 is 4.90 Å². The minimum atomic E-state index is -0.256. The molecule has 4 rings (SSSR count). The highest BCUT2D eigenvalue weighted by Crippen LogP contribution is 2.29. The van der Waals surface area contributed by atoms with Crippen LogP contribution in [0.25, 0.3) is 4.96 Å². The van der Waals surface area contributed by atoms with Gasteiger partial charge in [-0.05, 0) is 18.9 Å². The first-order valence-corrected chi connectivity index (χ1v) is 8.52. The van der Waals surface area contributed by atoms with Crippen molar-refractivity contribution in [2.24, 2.45) is 0 Å². The Kier molecular flexibility index (Phi) is 3.61. The number of thiazole rings is 1. The lowest BCUT2D eigenvalue weighted by Crippen LogP contribution is -2.34. The molecule has 6 heteroatoms. The summed E-state index contributed by atoms with van der Waals surface area (Å²) >= 11 is 1.54. The smallest absolute Gasteiger partial charge is 0.229 e. The molecular weight excluding hydrogens is 313 g/mol. The zero-order chi connectivity index (χ0) is 15.8. The zero-order valence-corrected chi connectivity index (χ0v) is 13.3. The van der Waals surface area contributed by atoms with E-state index in [4.69, 9.17) is 0 Å². The summed E-state index contributed by atoms with van der Waals surface area (Å²) in [5, 5.41) is 1.96. The lowest BCUT2D eigenvalue weighted by molar-refractivity contribution is -0.131. The normalized spacial score (nSPS) is 14.3. The van der Waals surface area contributed by atoms with Crippen molar-refractivity contribution < 1.29 is 9.18 Å². The topological polar surface area (TPSA) is 37.6 Å². The van der Waals surface area contributed by atoms with E-state index in [0.29, 0.717) is 12.1 Å². The predicted molar refractivity (Wildman–Crippen MR) is 86.7 cm³/mol. The summed E-state index contributed by atoms with van der Waals surface area (Å²) < 4.78 is 15.8. The molecule has 0 bridgehead atoms. The maximum absolute atomic E-state index is 13.9. The van der Waals surface area contributed by atoms with E-state index < -0.39 is 0 Å². The Labute approximate surface area is 137 Å². The number of nitrogens with zero attached hydrogens (tertiary/aromatic N) is 3. The fourth-order valence-electron chi connectivity index (χ4n) is 2.74. The Bertz CT molecular complexity index is 824. The van der Waals surface area contributed by atoms with Gasteiger partial charge in [-0.2, -0.15) is 0 Å². The van der Waals surface area contributed by atoms with Crippen LogP contribution in [0.3, 0.4) is 0 Å². The van der Waals surface area contributed by atoms with Crippen LogP contribution >= 0.6 is 11.3 Å². The first-order valence-electron chi connectivity index (χ1n) is 7.64. The van der Waals surface area contributed by atoms with Gasteiger partial charge in [-0.15, -0.1) is 11.3 Å². The van der Waals surface area contributed by atoms with Crippen LogP contribution in [0.15, 0.2) is 42.0 Å². The fourth-order valence-corrected chi connectivity index (χ4v) is 3.45. The van der Waals surface area contributed by atoms with E-state index in [2.05, 4.69) is 4.98 Å². The third-order valence-corrected chi connectivity index (χ3v) is 4.85. The highest BCUT2D eigenvalue weighted by atomic mass is 32.1. The molecule has 1 aliphatic carbocycles. The van der Waals surface area contributed by atoms with E-state index in [-0.39, 0.29) is 24.2 Å². The van der Waals surface area contributed by atoms with E-state index in [1.807, 2.05) is 22.2 Å². The molecule has 118 valence electrons. The van der Waals surface area contributed by atoms with Crippen LogP contribution in [0.4, 0.5) is 4.39 Å². The van der Waals surface area contributed by atoms with Crippen molar-refractivity contribution in [3.05, 3.63) is 59.1 Å². The number of fused-ring (bicyclic) bond motifs is 1. The molecule has 0 radical (unpaired) electrons. The molecule has 3 aromatic rings. The van der Waals surface area contributed by atoms with Gasteiger partial charge in [-0.1, -0.05) is 18.2 Å². The van der Waals surface area contributed by atoms with Crippen molar-refractivity contribution in [1.29, 1.82) is 0 Å². The largest absolute Gasteiger partial charge is 0.335 e. The third-order valence-electron chi connectivity index (χ3n) is 4.08. The van der Waals surface area contributed by atoms with Crippen LogP contribution in [-0.2, 0) is 17.8 Å². The average Bonchev–Trinajstić information content (AvgIpc) is 3.16. The van der Waals surface area contributed by atoms with Gasteiger partial charge in [0, 0.05) is 35.9 Å². The summed E-state index contributed by atoms with van der Waals surface area (Å²) in [5.41, 5.74) is 1.33. The molecule has 23 heavy (non-hydrogen) atoms. The molecule has 0 atom stereocenters. The quantitative estimate of drug-likeness (QED) is 0.720. The molecule has 1 saturated carbocycles. The minimum Gasteiger partial charge on any atom is -0.335 e. The number of rotatable bonds is 5. The standard InChI is InChI=1S/C17H16FN3OS/c18-15-4-2-1-3-12(15)10-21(14-5-6-14)16(22)9-13-11-20-7-8-23-17(20)19-13/h1-4,7-8,11,14H,5-6,9-10H2. The first-order chi connectivity index (χ1) is 11.2. The van der Waals surface area contributed by atoms with Gasteiger partial charge in [0.05, 0.1) is 12.1 Å². The van der Waals surface area contributed by atoms with Crippen molar-refractivity contribution in [3.8, 4) is 0 Å². The lowest BCUT2D eigenvalue weighted by Gasteiger charge is -2.22. The maximum atomic E-state index is 13.9. The molecule has 0 saturated heterocycles. The van der Waals surface area contributed by atoms with Crippen molar-refractivity contribution >= 4 is 22.2 Å². The Morgan fingerprint density at radius 2 is 2.22 bits per heavy atom. The molecular formula is C17H16FN3OS. The summed E-state index contributed by atoms with van der Waals surface area (Å²) in [6.07, 6.45) is 6.08. The van der Waals surface area contributed by atoms with E-state index in [9.17, 15) is 9.18 Å². The van der Waals surface area contributed by atoms with Crippen LogP contribution in [0.1, 0.15) is 24.1 Å². The molecule has 1 fully saturated rings. The number of aromatic nitrogens is 2. The van der Waals surface area contributed by atoms with Crippen LogP contribution in [0.2, 0.25) is 0 Å². The van der Waals surface area contributed by atoms with Crippen LogP contribution in [-0.4, -0.2) is 26.2 Å². The summed E-state index contributed by atoms with van der Waals surface area (Å²) in [5.74, 6) is -0.241. The zero-order valence-electron chi connectivity index (χ0n) is 12.5. The number of hydrogen-bond donors (Lipinski definition) is 0. The van der Waals surface area contributed by atoms with E-state index in [1.165, 1.54) is 6.07 Å². The van der Waals surface area contributed by atoms with Gasteiger partial charge in [0.1, 0.15) is 5.82 Å². The van der Waals surface area contributed by atoms with Gasteiger partial charge in [0.15, 0.2) is 4.96 Å². The molecule has 1 aromatic carbocycles. The highest BCUT2D eigenvalue weighted by Gasteiger charge is 2.33. The molecule has 2 aromatic heterocycles. The molecule has 1 aliphatic rings. The third kappa shape index (κ3) is 2.99. The number of benzene rings is 1. The Hall–Kier alpha value is -2.21. The number of halogens is 1. The summed E-state index contributed by atoms with van der Waals surface area (Å²) in [4.78, 5) is 19.8. The number of carbonyl (C=O) groups is 1.